The quantitative estimate of drug-likeness (QED) is 0.678. The van der Waals surface area contributed by atoms with Gasteiger partial charge < -0.3 is 9.84 Å². The molecular weight excluding hydrogens is 260 g/mol. The fourth-order valence-electron chi connectivity index (χ4n) is 2.13. The van der Waals surface area contributed by atoms with Gasteiger partial charge in [0.05, 0.1) is 17.1 Å². The van der Waals surface area contributed by atoms with E-state index in [4.69, 9.17) is 4.74 Å². The molecule has 1 aromatic rings. The number of hydrogen-bond donors (Lipinski definition) is 1. The third-order valence-electron chi connectivity index (χ3n) is 3.14. The number of rotatable bonds is 3. The Kier molecular flexibility index (Phi) is 3.94. The van der Waals surface area contributed by atoms with E-state index in [0.29, 0.717) is 25.0 Å². The van der Waals surface area contributed by atoms with E-state index in [0.717, 1.165) is 12.8 Å². The molecule has 1 aromatic carbocycles. The highest BCUT2D eigenvalue weighted by molar-refractivity contribution is 5.39. The monoisotopic (exact) mass is 273 g/mol. The molecular formula is C12H13F2NO4. The summed E-state index contributed by atoms with van der Waals surface area (Å²) in [6.45, 7) is 0. The number of benzene rings is 1. The number of nitro benzene ring substituents is 1. The van der Waals surface area contributed by atoms with Gasteiger partial charge in [-0.1, -0.05) is 6.42 Å². The smallest absolute Gasteiger partial charge is 0.307 e. The van der Waals surface area contributed by atoms with Gasteiger partial charge in [-0.2, -0.15) is 4.39 Å². The van der Waals surface area contributed by atoms with Crippen LogP contribution in [0.5, 0.6) is 5.75 Å². The van der Waals surface area contributed by atoms with E-state index in [9.17, 15) is 24.0 Å². The average molecular weight is 273 g/mol. The molecule has 0 amide bonds. The first-order chi connectivity index (χ1) is 8.99. The molecule has 2 atom stereocenters. The summed E-state index contributed by atoms with van der Waals surface area (Å²) >= 11 is 0. The topological polar surface area (TPSA) is 72.6 Å². The minimum absolute atomic E-state index is 0.408. The molecule has 0 radical (unpaired) electrons. The van der Waals surface area contributed by atoms with Gasteiger partial charge in [-0.25, -0.2) is 4.39 Å². The number of aliphatic hydroxyl groups is 1. The highest BCUT2D eigenvalue weighted by Crippen LogP contribution is 2.30. The zero-order valence-corrected chi connectivity index (χ0v) is 10.0. The largest absolute Gasteiger partial charge is 0.485 e. The second-order valence-corrected chi connectivity index (χ2v) is 4.50. The zero-order valence-electron chi connectivity index (χ0n) is 10.0. The van der Waals surface area contributed by atoms with E-state index in [1.165, 1.54) is 0 Å². The van der Waals surface area contributed by atoms with E-state index in [1.54, 1.807) is 0 Å². The summed E-state index contributed by atoms with van der Waals surface area (Å²) in [5.41, 5.74) is -0.936. The van der Waals surface area contributed by atoms with Crippen LogP contribution in [0.25, 0.3) is 0 Å². The third-order valence-corrected chi connectivity index (χ3v) is 3.14. The van der Waals surface area contributed by atoms with Crippen molar-refractivity contribution >= 4 is 5.69 Å². The van der Waals surface area contributed by atoms with E-state index in [2.05, 4.69) is 0 Å². The minimum atomic E-state index is -1.16. The van der Waals surface area contributed by atoms with Crippen molar-refractivity contribution in [3.63, 3.8) is 0 Å². The van der Waals surface area contributed by atoms with Gasteiger partial charge in [0, 0.05) is 6.07 Å². The Balaban J connectivity index is 2.21. The summed E-state index contributed by atoms with van der Waals surface area (Å²) in [6, 6.07) is 1.13. The lowest BCUT2D eigenvalue weighted by atomic mass is 9.95. The molecule has 1 aliphatic carbocycles. The van der Waals surface area contributed by atoms with E-state index in [-0.39, 0.29) is 0 Å². The van der Waals surface area contributed by atoms with Crippen LogP contribution >= 0.6 is 0 Å². The Morgan fingerprint density at radius 1 is 1.26 bits per heavy atom. The van der Waals surface area contributed by atoms with E-state index in [1.807, 2.05) is 0 Å². The second-order valence-electron chi connectivity index (χ2n) is 4.50. The van der Waals surface area contributed by atoms with Gasteiger partial charge in [0.2, 0.25) is 5.82 Å². The van der Waals surface area contributed by atoms with Crippen LogP contribution in [0.3, 0.4) is 0 Å². The molecule has 1 N–H and O–H groups in total. The van der Waals surface area contributed by atoms with Crippen molar-refractivity contribution in [1.29, 1.82) is 0 Å². The second kappa shape index (κ2) is 5.48. The molecule has 0 aromatic heterocycles. The minimum Gasteiger partial charge on any atom is -0.485 e. The predicted molar refractivity (Wildman–Crippen MR) is 61.9 cm³/mol. The van der Waals surface area contributed by atoms with Gasteiger partial charge in [-0.15, -0.1) is 0 Å². The number of halogens is 2. The molecule has 0 bridgehead atoms. The maximum atomic E-state index is 13.6. The Morgan fingerprint density at radius 3 is 2.58 bits per heavy atom. The molecule has 0 aliphatic heterocycles. The normalized spacial score (nSPS) is 23.1. The lowest BCUT2D eigenvalue weighted by molar-refractivity contribution is -0.387. The van der Waals surface area contributed by atoms with Crippen LogP contribution < -0.4 is 4.74 Å². The first-order valence-electron chi connectivity index (χ1n) is 5.97. The van der Waals surface area contributed by atoms with Gasteiger partial charge in [0.25, 0.3) is 0 Å². The number of hydrogen-bond acceptors (Lipinski definition) is 4. The van der Waals surface area contributed by atoms with Crippen molar-refractivity contribution in [3.8, 4) is 5.75 Å². The lowest BCUT2D eigenvalue weighted by Gasteiger charge is -2.28. The highest BCUT2D eigenvalue weighted by Gasteiger charge is 2.27. The molecule has 19 heavy (non-hydrogen) atoms. The maximum absolute atomic E-state index is 13.6. The number of nitrogens with zero attached hydrogens (tertiary/aromatic N) is 1. The van der Waals surface area contributed by atoms with Gasteiger partial charge in [0.1, 0.15) is 6.10 Å². The summed E-state index contributed by atoms with van der Waals surface area (Å²) in [7, 11) is 0. The molecule has 104 valence electrons. The number of ether oxygens (including phenoxy) is 1. The van der Waals surface area contributed by atoms with Crippen LogP contribution in [-0.2, 0) is 0 Å². The molecule has 7 heteroatoms. The summed E-state index contributed by atoms with van der Waals surface area (Å²) in [5.74, 6) is -2.58. The molecule has 0 saturated heterocycles. The molecule has 1 saturated carbocycles. The van der Waals surface area contributed by atoms with Crippen LogP contribution in [0, 0.1) is 21.7 Å². The summed E-state index contributed by atoms with van der Waals surface area (Å²) < 4.78 is 32.2. The summed E-state index contributed by atoms with van der Waals surface area (Å²) in [6.07, 6.45) is 1.44. The first kappa shape index (κ1) is 13.7. The zero-order chi connectivity index (χ0) is 14.0. The lowest BCUT2D eigenvalue weighted by Crippen LogP contribution is -2.34. The van der Waals surface area contributed by atoms with Crippen molar-refractivity contribution in [2.45, 2.75) is 37.9 Å². The molecule has 2 unspecified atom stereocenters. The van der Waals surface area contributed by atoms with Crippen molar-refractivity contribution in [1.82, 2.24) is 0 Å². The first-order valence-corrected chi connectivity index (χ1v) is 5.97. The van der Waals surface area contributed by atoms with Crippen molar-refractivity contribution < 1.29 is 23.5 Å². The fourth-order valence-corrected chi connectivity index (χ4v) is 2.13. The van der Waals surface area contributed by atoms with Crippen LogP contribution in [0.4, 0.5) is 14.5 Å². The van der Waals surface area contributed by atoms with Gasteiger partial charge >= 0.3 is 5.69 Å². The Morgan fingerprint density at radius 2 is 1.95 bits per heavy atom. The molecule has 5 nitrogen and oxygen atoms in total. The summed E-state index contributed by atoms with van der Waals surface area (Å²) in [4.78, 5) is 9.44. The number of aliphatic hydroxyl groups excluding tert-OH is 1. The van der Waals surface area contributed by atoms with Crippen molar-refractivity contribution in [2.75, 3.05) is 0 Å². The van der Waals surface area contributed by atoms with Gasteiger partial charge in [0.15, 0.2) is 11.6 Å². The molecule has 0 spiro atoms. The van der Waals surface area contributed by atoms with Crippen molar-refractivity contribution in [2.24, 2.45) is 0 Å². The molecule has 1 aliphatic rings. The maximum Gasteiger partial charge on any atom is 0.307 e. The van der Waals surface area contributed by atoms with Crippen LogP contribution in [0.1, 0.15) is 25.7 Å². The number of nitro groups is 1. The van der Waals surface area contributed by atoms with E-state index < -0.39 is 40.2 Å². The summed E-state index contributed by atoms with van der Waals surface area (Å²) in [5, 5.41) is 20.1. The fraction of sp³-hybridized carbons (Fsp3) is 0.500. The third kappa shape index (κ3) is 2.98. The molecule has 1 fully saturated rings. The van der Waals surface area contributed by atoms with Crippen LogP contribution in [-0.4, -0.2) is 22.2 Å². The molecule has 0 heterocycles. The highest BCUT2D eigenvalue weighted by atomic mass is 19.1. The average Bonchev–Trinajstić information content (AvgIpc) is 2.35. The standard InChI is InChI=1S/C12H13F2NO4/c13-7-6-12(8(14)5-9(7)15(17)18)19-11-4-2-1-3-10(11)16/h5-6,10-11,16H,1-4H2. The van der Waals surface area contributed by atoms with Crippen molar-refractivity contribution in [3.05, 3.63) is 33.9 Å². The Labute approximate surface area is 108 Å². The molecule has 2 rings (SSSR count). The van der Waals surface area contributed by atoms with Crippen LogP contribution in [0.2, 0.25) is 0 Å². The van der Waals surface area contributed by atoms with Gasteiger partial charge in [-0.05, 0) is 19.3 Å². The van der Waals surface area contributed by atoms with Gasteiger partial charge in [-0.3, -0.25) is 10.1 Å². The Bertz CT molecular complexity index is 495. The Hall–Kier alpha value is -1.76. The van der Waals surface area contributed by atoms with Crippen LogP contribution in [0.15, 0.2) is 12.1 Å². The van der Waals surface area contributed by atoms with E-state index >= 15 is 0 Å². The SMILES string of the molecule is O=[N+]([O-])c1cc(F)c(OC2CCCCC2O)cc1F. The predicted octanol–water partition coefficient (Wildman–Crippen LogP) is 2.56.